The van der Waals surface area contributed by atoms with Gasteiger partial charge in [0.25, 0.3) is 11.7 Å². The number of benzene rings is 2. The van der Waals surface area contributed by atoms with E-state index in [1.807, 2.05) is 19.1 Å². The van der Waals surface area contributed by atoms with E-state index in [4.69, 9.17) is 4.74 Å². The molecule has 1 amide bonds. The fraction of sp³-hybridized carbons (Fsp3) is 0.208. The summed E-state index contributed by atoms with van der Waals surface area (Å²) in [4.78, 5) is 32.5. The third-order valence-electron chi connectivity index (χ3n) is 5.52. The minimum Gasteiger partial charge on any atom is -0.487 e. The zero-order chi connectivity index (χ0) is 23.1. The molecule has 3 heterocycles. The van der Waals surface area contributed by atoms with Crippen LogP contribution in [0.15, 0.2) is 48.8 Å². The predicted octanol–water partition coefficient (Wildman–Crippen LogP) is 3.17. The molecule has 0 aliphatic carbocycles. The summed E-state index contributed by atoms with van der Waals surface area (Å²) in [6.07, 6.45) is 3.45. The third-order valence-corrected chi connectivity index (χ3v) is 5.52. The molecule has 2 aromatic heterocycles. The van der Waals surface area contributed by atoms with Gasteiger partial charge < -0.3 is 10.1 Å². The maximum atomic E-state index is 14.7. The second-order valence-corrected chi connectivity index (χ2v) is 8.01. The fourth-order valence-electron chi connectivity index (χ4n) is 3.97. The Morgan fingerprint density at radius 1 is 1.24 bits per heavy atom. The van der Waals surface area contributed by atoms with Gasteiger partial charge in [0.2, 0.25) is 5.82 Å². The lowest BCUT2D eigenvalue weighted by atomic mass is 9.95. The molecule has 0 saturated heterocycles. The van der Waals surface area contributed by atoms with Crippen molar-refractivity contribution in [2.75, 3.05) is 6.54 Å². The Bertz CT molecular complexity index is 1380. The van der Waals surface area contributed by atoms with Gasteiger partial charge in [-0.1, -0.05) is 6.07 Å². The monoisotopic (exact) mass is 445 g/mol. The summed E-state index contributed by atoms with van der Waals surface area (Å²) in [6.45, 7) is 3.60. The number of nitrogens with zero attached hydrogens (tertiary/aromatic N) is 4. The average molecular weight is 445 g/mol. The van der Waals surface area contributed by atoms with Crippen LogP contribution in [0, 0.1) is 12.7 Å². The summed E-state index contributed by atoms with van der Waals surface area (Å²) < 4.78 is 22.3. The standard InChI is InChI=1S/C24H20FN5O3/c1-13-8-16-10-17(12-27-23(32)22-28-24-26-6-3-7-30(24)29-22)33-21(16)19(9-13)18-11-15(14(2)31)4-5-20(18)25/h3-9,11,17H,10,12H2,1-2H3,(H,27,32). The first-order valence-corrected chi connectivity index (χ1v) is 10.5. The van der Waals surface area contributed by atoms with Gasteiger partial charge >= 0.3 is 0 Å². The molecular formula is C24H20FN5O3. The van der Waals surface area contributed by atoms with Crippen molar-refractivity contribution in [2.24, 2.45) is 0 Å². The normalized spacial score (nSPS) is 14.7. The van der Waals surface area contributed by atoms with Crippen LogP contribution in [0.25, 0.3) is 16.9 Å². The molecule has 1 atom stereocenters. The number of fused-ring (bicyclic) bond motifs is 2. The van der Waals surface area contributed by atoms with E-state index in [2.05, 4.69) is 20.4 Å². The van der Waals surface area contributed by atoms with Crippen LogP contribution in [-0.2, 0) is 6.42 Å². The summed E-state index contributed by atoms with van der Waals surface area (Å²) in [5.41, 5.74) is 3.21. The highest BCUT2D eigenvalue weighted by Gasteiger charge is 2.28. The van der Waals surface area contributed by atoms with E-state index in [-0.39, 0.29) is 24.3 Å². The van der Waals surface area contributed by atoms with Crippen LogP contribution in [0.5, 0.6) is 5.75 Å². The van der Waals surface area contributed by atoms with Crippen LogP contribution in [0.4, 0.5) is 4.39 Å². The molecule has 8 nitrogen and oxygen atoms in total. The number of Topliss-reactive ketones (excluding diaryl/α,β-unsaturated/α-hetero) is 1. The van der Waals surface area contributed by atoms with E-state index < -0.39 is 11.7 Å². The number of amides is 1. The van der Waals surface area contributed by atoms with E-state index in [1.165, 1.54) is 23.6 Å². The highest BCUT2D eigenvalue weighted by Crippen LogP contribution is 2.41. The smallest absolute Gasteiger partial charge is 0.291 e. The minimum atomic E-state index is -0.434. The molecule has 1 aliphatic rings. The fourth-order valence-corrected chi connectivity index (χ4v) is 3.97. The van der Waals surface area contributed by atoms with Gasteiger partial charge in [0, 0.05) is 35.5 Å². The second-order valence-electron chi connectivity index (χ2n) is 8.01. The maximum absolute atomic E-state index is 14.7. The van der Waals surface area contributed by atoms with Crippen molar-refractivity contribution in [3.8, 4) is 16.9 Å². The maximum Gasteiger partial charge on any atom is 0.291 e. The molecule has 0 bridgehead atoms. The van der Waals surface area contributed by atoms with E-state index in [9.17, 15) is 14.0 Å². The summed E-state index contributed by atoms with van der Waals surface area (Å²) in [6, 6.07) is 9.84. The summed E-state index contributed by atoms with van der Waals surface area (Å²) in [5, 5.41) is 6.91. The van der Waals surface area contributed by atoms with Gasteiger partial charge in [-0.05, 0) is 55.3 Å². The summed E-state index contributed by atoms with van der Waals surface area (Å²) in [5.74, 6) is -0.0883. The lowest BCUT2D eigenvalue weighted by molar-refractivity contribution is 0.0923. The Morgan fingerprint density at radius 2 is 2.09 bits per heavy atom. The molecule has 9 heteroatoms. The third kappa shape index (κ3) is 3.93. The lowest BCUT2D eigenvalue weighted by Gasteiger charge is -2.14. The highest BCUT2D eigenvalue weighted by molar-refractivity contribution is 5.95. The molecule has 33 heavy (non-hydrogen) atoms. The molecule has 0 saturated carbocycles. The summed E-state index contributed by atoms with van der Waals surface area (Å²) in [7, 11) is 0. The molecular weight excluding hydrogens is 425 g/mol. The topological polar surface area (TPSA) is 98.5 Å². The van der Waals surface area contributed by atoms with Gasteiger partial charge in [-0.2, -0.15) is 4.98 Å². The number of aryl methyl sites for hydroxylation is 1. The van der Waals surface area contributed by atoms with Crippen molar-refractivity contribution in [3.63, 3.8) is 0 Å². The number of ether oxygens (including phenoxy) is 1. The quantitative estimate of drug-likeness (QED) is 0.474. The van der Waals surface area contributed by atoms with E-state index in [0.717, 1.165) is 11.1 Å². The largest absolute Gasteiger partial charge is 0.487 e. The van der Waals surface area contributed by atoms with Crippen LogP contribution in [0.1, 0.15) is 39.0 Å². The first kappa shape index (κ1) is 20.7. The van der Waals surface area contributed by atoms with Crippen LogP contribution in [-0.4, -0.2) is 43.9 Å². The van der Waals surface area contributed by atoms with Crippen molar-refractivity contribution in [1.29, 1.82) is 0 Å². The molecule has 0 radical (unpaired) electrons. The van der Waals surface area contributed by atoms with E-state index >= 15 is 0 Å². The van der Waals surface area contributed by atoms with Gasteiger partial charge in [0.1, 0.15) is 17.7 Å². The Hall–Kier alpha value is -4.14. The predicted molar refractivity (Wildman–Crippen MR) is 118 cm³/mol. The van der Waals surface area contributed by atoms with Crippen molar-refractivity contribution in [3.05, 3.63) is 77.1 Å². The SMILES string of the molecule is CC(=O)c1ccc(F)c(-c2cc(C)cc3c2OC(CNC(=O)c2nc4ncccn4n2)C3)c1. The van der Waals surface area contributed by atoms with Gasteiger partial charge in [-0.25, -0.2) is 13.9 Å². The van der Waals surface area contributed by atoms with Crippen molar-refractivity contribution < 1.29 is 18.7 Å². The molecule has 1 aliphatic heterocycles. The number of hydrogen-bond donors (Lipinski definition) is 1. The number of ketones is 1. The molecule has 4 aromatic rings. The molecule has 5 rings (SSSR count). The zero-order valence-corrected chi connectivity index (χ0v) is 18.0. The lowest BCUT2D eigenvalue weighted by Crippen LogP contribution is -2.35. The molecule has 2 aromatic carbocycles. The second kappa shape index (κ2) is 8.09. The molecule has 0 spiro atoms. The number of halogens is 1. The Balaban J connectivity index is 1.36. The number of aromatic nitrogens is 4. The Kier molecular flexibility index (Phi) is 5.08. The number of carbonyl (C=O) groups excluding carboxylic acids is 2. The molecule has 1 N–H and O–H groups in total. The zero-order valence-electron chi connectivity index (χ0n) is 18.0. The number of hydrogen-bond acceptors (Lipinski definition) is 6. The highest BCUT2D eigenvalue weighted by atomic mass is 19.1. The first-order valence-electron chi connectivity index (χ1n) is 10.5. The van der Waals surface area contributed by atoms with Crippen LogP contribution in [0.2, 0.25) is 0 Å². The number of nitrogens with one attached hydrogen (secondary N) is 1. The average Bonchev–Trinajstić information content (AvgIpc) is 3.41. The van der Waals surface area contributed by atoms with Gasteiger partial charge in [-0.3, -0.25) is 9.59 Å². The van der Waals surface area contributed by atoms with Gasteiger partial charge in [-0.15, -0.1) is 5.10 Å². The van der Waals surface area contributed by atoms with Crippen molar-refractivity contribution in [1.82, 2.24) is 24.9 Å². The molecule has 166 valence electrons. The first-order chi connectivity index (χ1) is 15.9. The van der Waals surface area contributed by atoms with E-state index in [0.29, 0.717) is 34.6 Å². The van der Waals surface area contributed by atoms with Crippen molar-refractivity contribution >= 4 is 17.5 Å². The van der Waals surface area contributed by atoms with Crippen LogP contribution >= 0.6 is 0 Å². The molecule has 0 fully saturated rings. The molecule has 1 unspecified atom stereocenters. The Morgan fingerprint density at radius 3 is 2.88 bits per heavy atom. The van der Waals surface area contributed by atoms with Crippen LogP contribution in [0.3, 0.4) is 0 Å². The minimum absolute atomic E-state index is 0.0175. The van der Waals surface area contributed by atoms with Gasteiger partial charge in [0.15, 0.2) is 5.78 Å². The van der Waals surface area contributed by atoms with E-state index in [1.54, 1.807) is 24.5 Å². The Labute approximate surface area is 188 Å². The summed E-state index contributed by atoms with van der Waals surface area (Å²) >= 11 is 0. The van der Waals surface area contributed by atoms with Crippen LogP contribution < -0.4 is 10.1 Å². The van der Waals surface area contributed by atoms with Crippen molar-refractivity contribution in [2.45, 2.75) is 26.4 Å². The number of rotatable bonds is 5. The number of carbonyl (C=O) groups is 2. The van der Waals surface area contributed by atoms with Gasteiger partial charge in [0.05, 0.1) is 6.54 Å².